The van der Waals surface area contributed by atoms with Crippen molar-refractivity contribution in [3.8, 4) is 0 Å². The molecule has 0 heterocycles. The Balaban J connectivity index is 2.02. The largest absolute Gasteiger partial charge is 0.385 e. The molecule has 0 aliphatic rings. The van der Waals surface area contributed by atoms with E-state index in [9.17, 15) is 17.6 Å². The number of hydrogen-bond acceptors (Lipinski definition) is 4. The van der Waals surface area contributed by atoms with Gasteiger partial charge in [0.05, 0.1) is 4.90 Å². The minimum Gasteiger partial charge on any atom is -0.385 e. The fraction of sp³-hybridized carbons (Fsp3) is 0.278. The number of rotatable bonds is 9. The van der Waals surface area contributed by atoms with Gasteiger partial charge in [0.2, 0.25) is 10.0 Å². The van der Waals surface area contributed by atoms with Gasteiger partial charge in [-0.2, -0.15) is 0 Å². The van der Waals surface area contributed by atoms with Crippen LogP contribution >= 0.6 is 0 Å². The van der Waals surface area contributed by atoms with E-state index in [1.54, 1.807) is 13.2 Å². The maximum absolute atomic E-state index is 12.9. The van der Waals surface area contributed by atoms with Crippen LogP contribution in [0.25, 0.3) is 0 Å². The lowest BCUT2D eigenvalue weighted by molar-refractivity contribution is 0.0948. The standard InChI is InChI=1S/C18H21FN2O4S/c1-25-11-3-10-20-18(22)15-4-2-5-17(12-15)26(23,24)21-13-14-6-8-16(19)9-7-14/h2,4-9,12,21H,3,10-11,13H2,1H3,(H,20,22). The number of sulfonamides is 1. The summed E-state index contributed by atoms with van der Waals surface area (Å²) in [6.07, 6.45) is 0.666. The van der Waals surface area contributed by atoms with Crippen LogP contribution in [0.1, 0.15) is 22.3 Å². The molecular weight excluding hydrogens is 359 g/mol. The normalized spacial score (nSPS) is 11.3. The predicted molar refractivity (Wildman–Crippen MR) is 95.7 cm³/mol. The quantitative estimate of drug-likeness (QED) is 0.653. The molecule has 0 saturated heterocycles. The number of benzene rings is 2. The number of nitrogens with one attached hydrogen (secondary N) is 2. The summed E-state index contributed by atoms with van der Waals surface area (Å²) in [6, 6.07) is 11.3. The molecule has 2 aromatic rings. The Kier molecular flexibility index (Phi) is 7.26. The van der Waals surface area contributed by atoms with Gasteiger partial charge in [0, 0.05) is 32.4 Å². The zero-order chi connectivity index (χ0) is 19.0. The lowest BCUT2D eigenvalue weighted by atomic mass is 10.2. The number of halogens is 1. The Morgan fingerprint density at radius 2 is 1.88 bits per heavy atom. The average Bonchev–Trinajstić information content (AvgIpc) is 2.65. The van der Waals surface area contributed by atoms with Crippen LogP contribution < -0.4 is 10.0 Å². The first kappa shape index (κ1) is 20.0. The summed E-state index contributed by atoms with van der Waals surface area (Å²) >= 11 is 0. The Bertz CT molecular complexity index is 839. The van der Waals surface area contributed by atoms with E-state index in [0.717, 1.165) is 0 Å². The van der Waals surface area contributed by atoms with Crippen molar-refractivity contribution in [2.24, 2.45) is 0 Å². The second-order valence-electron chi connectivity index (χ2n) is 5.58. The fourth-order valence-corrected chi connectivity index (χ4v) is 3.25. The second-order valence-corrected chi connectivity index (χ2v) is 7.35. The molecule has 2 rings (SSSR count). The molecule has 0 aliphatic heterocycles. The highest BCUT2D eigenvalue weighted by atomic mass is 32.2. The highest BCUT2D eigenvalue weighted by Crippen LogP contribution is 2.13. The van der Waals surface area contributed by atoms with Gasteiger partial charge in [-0.25, -0.2) is 17.5 Å². The molecule has 1 amide bonds. The van der Waals surface area contributed by atoms with Crippen molar-refractivity contribution in [2.45, 2.75) is 17.9 Å². The SMILES string of the molecule is COCCCNC(=O)c1cccc(S(=O)(=O)NCc2ccc(F)cc2)c1. The van der Waals surface area contributed by atoms with Gasteiger partial charge in [0.25, 0.3) is 5.91 Å². The molecule has 0 saturated carbocycles. The lowest BCUT2D eigenvalue weighted by Gasteiger charge is -2.09. The molecule has 140 valence electrons. The summed E-state index contributed by atoms with van der Waals surface area (Å²) < 4.78 is 45.1. The maximum Gasteiger partial charge on any atom is 0.251 e. The molecule has 0 fully saturated rings. The first-order valence-electron chi connectivity index (χ1n) is 8.04. The fourth-order valence-electron chi connectivity index (χ4n) is 2.19. The molecule has 2 N–H and O–H groups in total. The predicted octanol–water partition coefficient (Wildman–Crippen LogP) is 2.07. The second kappa shape index (κ2) is 9.42. The molecule has 8 heteroatoms. The van der Waals surface area contributed by atoms with Gasteiger partial charge in [0.1, 0.15) is 5.82 Å². The molecule has 26 heavy (non-hydrogen) atoms. The molecule has 2 aromatic carbocycles. The molecule has 6 nitrogen and oxygen atoms in total. The molecule has 0 radical (unpaired) electrons. The summed E-state index contributed by atoms with van der Waals surface area (Å²) in [5, 5.41) is 2.71. The summed E-state index contributed by atoms with van der Waals surface area (Å²) in [4.78, 5) is 12.1. The molecule has 0 unspecified atom stereocenters. The summed E-state index contributed by atoms with van der Waals surface area (Å²) in [5.41, 5.74) is 0.883. The minimum atomic E-state index is -3.80. The number of carbonyl (C=O) groups is 1. The van der Waals surface area contributed by atoms with Gasteiger partial charge < -0.3 is 10.1 Å². The van der Waals surface area contributed by atoms with Crippen molar-refractivity contribution in [2.75, 3.05) is 20.3 Å². The molecule has 0 aliphatic carbocycles. The highest BCUT2D eigenvalue weighted by Gasteiger charge is 2.16. The van der Waals surface area contributed by atoms with Gasteiger partial charge in [-0.05, 0) is 42.3 Å². The van der Waals surface area contributed by atoms with Gasteiger partial charge in [-0.15, -0.1) is 0 Å². The van der Waals surface area contributed by atoms with Crippen LogP contribution in [-0.2, 0) is 21.3 Å². The van der Waals surface area contributed by atoms with Crippen LogP contribution in [-0.4, -0.2) is 34.6 Å². The van der Waals surface area contributed by atoms with E-state index >= 15 is 0 Å². The first-order chi connectivity index (χ1) is 12.4. The number of ether oxygens (including phenoxy) is 1. The zero-order valence-electron chi connectivity index (χ0n) is 14.4. The molecule has 0 atom stereocenters. The van der Waals surface area contributed by atoms with E-state index < -0.39 is 10.0 Å². The minimum absolute atomic E-state index is 0.0100. The summed E-state index contributed by atoms with van der Waals surface area (Å²) in [5.74, 6) is -0.738. The van der Waals surface area contributed by atoms with Crippen molar-refractivity contribution < 1.29 is 22.3 Å². The van der Waals surface area contributed by atoms with E-state index in [2.05, 4.69) is 10.0 Å². The van der Waals surface area contributed by atoms with Crippen LogP contribution in [0.3, 0.4) is 0 Å². The summed E-state index contributed by atoms with van der Waals surface area (Å²) in [7, 11) is -2.22. The number of amides is 1. The number of methoxy groups -OCH3 is 1. The van der Waals surface area contributed by atoms with E-state index in [1.807, 2.05) is 0 Å². The average molecular weight is 380 g/mol. The van der Waals surface area contributed by atoms with E-state index in [0.29, 0.717) is 25.1 Å². The molecule has 0 spiro atoms. The van der Waals surface area contributed by atoms with Crippen LogP contribution in [0.2, 0.25) is 0 Å². The molecule has 0 bridgehead atoms. The molecule has 0 aromatic heterocycles. The Morgan fingerprint density at radius 3 is 2.58 bits per heavy atom. The Labute approximate surface area is 152 Å². The zero-order valence-corrected chi connectivity index (χ0v) is 15.2. The van der Waals surface area contributed by atoms with Crippen molar-refractivity contribution >= 4 is 15.9 Å². The van der Waals surface area contributed by atoms with Crippen molar-refractivity contribution in [3.63, 3.8) is 0 Å². The van der Waals surface area contributed by atoms with Crippen LogP contribution in [0.5, 0.6) is 0 Å². The van der Waals surface area contributed by atoms with Gasteiger partial charge in [-0.3, -0.25) is 4.79 Å². The van der Waals surface area contributed by atoms with Crippen LogP contribution in [0.15, 0.2) is 53.4 Å². The summed E-state index contributed by atoms with van der Waals surface area (Å²) in [6.45, 7) is 0.991. The van der Waals surface area contributed by atoms with Gasteiger partial charge in [0.15, 0.2) is 0 Å². The number of hydrogen-bond donors (Lipinski definition) is 2. The third kappa shape index (κ3) is 5.91. The lowest BCUT2D eigenvalue weighted by Crippen LogP contribution is -2.26. The highest BCUT2D eigenvalue weighted by molar-refractivity contribution is 7.89. The van der Waals surface area contributed by atoms with Gasteiger partial charge in [-0.1, -0.05) is 18.2 Å². The first-order valence-corrected chi connectivity index (χ1v) is 9.52. The van der Waals surface area contributed by atoms with E-state index in [1.165, 1.54) is 42.5 Å². The number of carbonyl (C=O) groups excluding carboxylic acids is 1. The van der Waals surface area contributed by atoms with Crippen molar-refractivity contribution in [1.82, 2.24) is 10.0 Å². The Hall–Kier alpha value is -2.29. The van der Waals surface area contributed by atoms with Gasteiger partial charge >= 0.3 is 0 Å². The Morgan fingerprint density at radius 1 is 1.15 bits per heavy atom. The monoisotopic (exact) mass is 380 g/mol. The third-order valence-corrected chi connectivity index (χ3v) is 5.00. The topological polar surface area (TPSA) is 84.5 Å². The third-order valence-electron chi connectivity index (χ3n) is 3.60. The van der Waals surface area contributed by atoms with Crippen LogP contribution in [0, 0.1) is 5.82 Å². The van der Waals surface area contributed by atoms with E-state index in [4.69, 9.17) is 4.74 Å². The smallest absolute Gasteiger partial charge is 0.251 e. The van der Waals surface area contributed by atoms with Crippen molar-refractivity contribution in [3.05, 3.63) is 65.5 Å². The molecular formula is C18H21FN2O4S. The van der Waals surface area contributed by atoms with E-state index in [-0.39, 0.29) is 28.7 Å². The van der Waals surface area contributed by atoms with Crippen LogP contribution in [0.4, 0.5) is 4.39 Å². The maximum atomic E-state index is 12.9. The van der Waals surface area contributed by atoms with Crippen molar-refractivity contribution in [1.29, 1.82) is 0 Å².